The van der Waals surface area contributed by atoms with E-state index in [-0.39, 0.29) is 11.8 Å². The minimum Gasteiger partial charge on any atom is -0.307 e. The number of halogens is 3. The van der Waals surface area contributed by atoms with Gasteiger partial charge < -0.3 is 4.90 Å². The minimum atomic E-state index is -0.978. The molecule has 1 amide bonds. The number of benzene rings is 2. The summed E-state index contributed by atoms with van der Waals surface area (Å²) in [5.41, 5.74) is 2.10. The number of amides is 1. The van der Waals surface area contributed by atoms with Crippen molar-refractivity contribution in [3.63, 3.8) is 0 Å². The first kappa shape index (κ1) is 20.5. The molecule has 0 saturated carbocycles. The average molecular weight is 394 g/mol. The number of carbonyl (C=O) groups is 1. The molecule has 0 aliphatic carbocycles. The van der Waals surface area contributed by atoms with Crippen LogP contribution in [0.4, 0.5) is 10.1 Å². The predicted octanol–water partition coefficient (Wildman–Crippen LogP) is 6.49. The largest absolute Gasteiger partial charge is 0.307 e. The van der Waals surface area contributed by atoms with Gasteiger partial charge in [-0.15, -0.1) is 11.6 Å². The Hall–Kier alpha value is -1.84. The van der Waals surface area contributed by atoms with Gasteiger partial charge in [0.25, 0.3) is 0 Å². The Morgan fingerprint density at radius 1 is 1.23 bits per heavy atom. The molecule has 138 valence electrons. The maximum absolute atomic E-state index is 13.5. The molecule has 0 aliphatic heterocycles. The molecule has 1 unspecified atom stereocenters. The third-order valence-electron chi connectivity index (χ3n) is 4.06. The molecule has 0 aliphatic rings. The van der Waals surface area contributed by atoms with Crippen molar-refractivity contribution in [1.82, 2.24) is 0 Å². The van der Waals surface area contributed by atoms with Gasteiger partial charge in [-0.1, -0.05) is 49.7 Å². The molecule has 2 aromatic rings. The first-order chi connectivity index (χ1) is 12.3. The number of hydrogen-bond acceptors (Lipinski definition) is 1. The van der Waals surface area contributed by atoms with E-state index in [1.807, 2.05) is 39.0 Å². The molecule has 0 spiro atoms. The molecule has 0 radical (unpaired) electrons. The third-order valence-corrected chi connectivity index (χ3v) is 4.84. The van der Waals surface area contributed by atoms with Gasteiger partial charge in [-0.2, -0.15) is 0 Å². The van der Waals surface area contributed by atoms with Crippen molar-refractivity contribution in [1.29, 1.82) is 0 Å². The lowest BCUT2D eigenvalue weighted by molar-refractivity contribution is -0.118. The van der Waals surface area contributed by atoms with Gasteiger partial charge in [-0.3, -0.25) is 4.79 Å². The van der Waals surface area contributed by atoms with Crippen LogP contribution in [0.1, 0.15) is 43.2 Å². The van der Waals surface area contributed by atoms with Crippen LogP contribution in [-0.4, -0.2) is 12.5 Å². The van der Waals surface area contributed by atoms with E-state index in [1.165, 1.54) is 12.1 Å². The van der Waals surface area contributed by atoms with Crippen molar-refractivity contribution >= 4 is 34.8 Å². The second-order valence-electron chi connectivity index (χ2n) is 6.30. The van der Waals surface area contributed by atoms with Gasteiger partial charge >= 0.3 is 0 Å². The highest BCUT2D eigenvalue weighted by Gasteiger charge is 2.25. The number of anilines is 1. The van der Waals surface area contributed by atoms with Crippen molar-refractivity contribution in [3.05, 3.63) is 76.6 Å². The number of carbonyl (C=O) groups excluding carboxylic acids is 1. The van der Waals surface area contributed by atoms with Crippen LogP contribution in [0.3, 0.4) is 0 Å². The van der Waals surface area contributed by atoms with Crippen LogP contribution in [0.2, 0.25) is 5.02 Å². The molecule has 0 saturated heterocycles. The maximum atomic E-state index is 13.5. The molecule has 2 rings (SSSR count). The highest BCUT2D eigenvalue weighted by Crippen LogP contribution is 2.31. The number of nitrogens with zero attached hydrogens (tertiary/aromatic N) is 1. The Kier molecular flexibility index (Phi) is 7.24. The summed E-state index contributed by atoms with van der Waals surface area (Å²) in [4.78, 5) is 14.6. The van der Waals surface area contributed by atoms with Crippen LogP contribution >= 0.6 is 23.2 Å². The fourth-order valence-electron chi connectivity index (χ4n) is 2.62. The van der Waals surface area contributed by atoms with E-state index in [4.69, 9.17) is 23.2 Å². The third kappa shape index (κ3) is 4.87. The normalized spacial score (nSPS) is 12.6. The van der Waals surface area contributed by atoms with Crippen LogP contribution in [0.15, 0.2) is 54.6 Å². The lowest BCUT2D eigenvalue weighted by atomic mass is 10.0. The van der Waals surface area contributed by atoms with Crippen LogP contribution in [-0.2, 0) is 4.79 Å². The van der Waals surface area contributed by atoms with E-state index in [9.17, 15) is 9.18 Å². The number of allylic oxidation sites excluding steroid dienone is 1. The van der Waals surface area contributed by atoms with Crippen molar-refractivity contribution in [2.75, 3.05) is 11.4 Å². The van der Waals surface area contributed by atoms with Crippen LogP contribution in [0, 0.1) is 5.82 Å². The first-order valence-electron chi connectivity index (χ1n) is 8.46. The molecule has 0 bridgehead atoms. The fourth-order valence-corrected chi connectivity index (χ4v) is 3.21. The molecule has 1 atom stereocenters. The van der Waals surface area contributed by atoms with Crippen molar-refractivity contribution in [2.45, 2.75) is 32.1 Å². The quantitative estimate of drug-likeness (QED) is 0.405. The molecule has 0 fully saturated rings. The second-order valence-corrected chi connectivity index (χ2v) is 7.14. The number of hydrogen-bond donors (Lipinski definition) is 0. The molecule has 0 heterocycles. The molecule has 26 heavy (non-hydrogen) atoms. The van der Waals surface area contributed by atoms with E-state index in [2.05, 4.69) is 0 Å². The van der Waals surface area contributed by atoms with Crippen molar-refractivity contribution in [2.24, 2.45) is 0 Å². The zero-order valence-electron chi connectivity index (χ0n) is 15.0. The Labute approximate surface area is 164 Å². The summed E-state index contributed by atoms with van der Waals surface area (Å²) in [6, 6.07) is 11.3. The van der Waals surface area contributed by atoms with E-state index in [1.54, 1.807) is 29.2 Å². The molecule has 2 aromatic carbocycles. The monoisotopic (exact) mass is 393 g/mol. The van der Waals surface area contributed by atoms with Gasteiger partial charge in [0.05, 0.1) is 0 Å². The zero-order chi connectivity index (χ0) is 19.3. The molecule has 2 nitrogen and oxygen atoms in total. The number of alkyl halides is 1. The molecular weight excluding hydrogens is 372 g/mol. The van der Waals surface area contributed by atoms with Gasteiger partial charge in [-0.05, 0) is 54.3 Å². The predicted molar refractivity (Wildman–Crippen MR) is 108 cm³/mol. The smallest absolute Gasteiger partial charge is 0.249 e. The van der Waals surface area contributed by atoms with Crippen LogP contribution < -0.4 is 4.90 Å². The Morgan fingerprint density at radius 2 is 1.96 bits per heavy atom. The molecule has 0 aromatic heterocycles. The standard InChI is InChI=1S/C21H22Cl2FNO/c1-4-5-11-25(17-9-10-19(22)18(13-17)14(2)3)21(26)20(23)15-7-6-8-16(24)12-15/h4-10,12-14,20H,11H2,1-3H3. The molecular formula is C21H22Cl2FNO. The molecule has 5 heteroatoms. The summed E-state index contributed by atoms with van der Waals surface area (Å²) in [6.07, 6.45) is 3.74. The van der Waals surface area contributed by atoms with Gasteiger partial charge in [0.2, 0.25) is 5.91 Å². The Morgan fingerprint density at radius 3 is 2.58 bits per heavy atom. The Bertz CT molecular complexity index is 804. The van der Waals surface area contributed by atoms with Gasteiger partial charge in [0.1, 0.15) is 11.2 Å². The summed E-state index contributed by atoms with van der Waals surface area (Å²) in [7, 11) is 0. The molecule has 0 N–H and O–H groups in total. The van der Waals surface area contributed by atoms with Crippen LogP contribution in [0.25, 0.3) is 0 Å². The lowest BCUT2D eigenvalue weighted by Gasteiger charge is -2.25. The summed E-state index contributed by atoms with van der Waals surface area (Å²) < 4.78 is 13.5. The zero-order valence-corrected chi connectivity index (χ0v) is 16.6. The second kappa shape index (κ2) is 9.20. The van der Waals surface area contributed by atoms with Crippen molar-refractivity contribution in [3.8, 4) is 0 Å². The first-order valence-corrected chi connectivity index (χ1v) is 9.28. The van der Waals surface area contributed by atoms with Gasteiger partial charge in [0.15, 0.2) is 0 Å². The SMILES string of the molecule is CC=CCN(C(=O)C(Cl)c1cccc(F)c1)c1ccc(Cl)c(C(C)C)c1. The summed E-state index contributed by atoms with van der Waals surface area (Å²) >= 11 is 12.6. The highest BCUT2D eigenvalue weighted by atomic mass is 35.5. The maximum Gasteiger partial charge on any atom is 0.249 e. The van der Waals surface area contributed by atoms with E-state index < -0.39 is 11.2 Å². The van der Waals surface area contributed by atoms with Gasteiger partial charge in [0, 0.05) is 17.3 Å². The topological polar surface area (TPSA) is 20.3 Å². The summed E-state index contributed by atoms with van der Waals surface area (Å²) in [6.45, 7) is 6.34. The highest BCUT2D eigenvalue weighted by molar-refractivity contribution is 6.33. The summed E-state index contributed by atoms with van der Waals surface area (Å²) in [5, 5.41) is -0.316. The minimum absolute atomic E-state index is 0.219. The number of rotatable bonds is 6. The van der Waals surface area contributed by atoms with E-state index in [0.29, 0.717) is 22.8 Å². The van der Waals surface area contributed by atoms with E-state index >= 15 is 0 Å². The van der Waals surface area contributed by atoms with E-state index in [0.717, 1.165) is 5.56 Å². The fraction of sp³-hybridized carbons (Fsp3) is 0.286. The Balaban J connectivity index is 2.40. The van der Waals surface area contributed by atoms with Crippen molar-refractivity contribution < 1.29 is 9.18 Å². The lowest BCUT2D eigenvalue weighted by Crippen LogP contribution is -2.34. The summed E-state index contributed by atoms with van der Waals surface area (Å²) in [5.74, 6) is -0.516. The van der Waals surface area contributed by atoms with Crippen LogP contribution in [0.5, 0.6) is 0 Å². The average Bonchev–Trinajstić information content (AvgIpc) is 2.62. The van der Waals surface area contributed by atoms with Gasteiger partial charge in [-0.25, -0.2) is 4.39 Å².